The summed E-state index contributed by atoms with van der Waals surface area (Å²) >= 11 is 6.22. The zero-order valence-electron chi connectivity index (χ0n) is 16.9. The molecule has 0 bridgehead atoms. The third-order valence-corrected chi connectivity index (χ3v) is 5.43. The lowest BCUT2D eigenvalue weighted by molar-refractivity contribution is -0.159. The summed E-state index contributed by atoms with van der Waals surface area (Å²) in [7, 11) is 0. The summed E-state index contributed by atoms with van der Waals surface area (Å²) in [6.45, 7) is 3.43. The van der Waals surface area contributed by atoms with E-state index in [2.05, 4.69) is 5.32 Å². The Morgan fingerprint density at radius 1 is 1.20 bits per heavy atom. The van der Waals surface area contributed by atoms with E-state index < -0.39 is 11.6 Å². The maximum atomic E-state index is 12.5. The quantitative estimate of drug-likeness (QED) is 0.620. The molecule has 6 nitrogen and oxygen atoms in total. The topological polar surface area (TPSA) is 84.9 Å². The fourth-order valence-corrected chi connectivity index (χ4v) is 3.71. The Bertz CT molecular complexity index is 891. The van der Waals surface area contributed by atoms with Crippen LogP contribution in [0.5, 0.6) is 5.75 Å². The second-order valence-corrected chi connectivity index (χ2v) is 7.82. The van der Waals surface area contributed by atoms with Gasteiger partial charge in [0.15, 0.2) is 5.60 Å². The number of halogens is 1. The summed E-state index contributed by atoms with van der Waals surface area (Å²) in [5, 5.41) is 12.7. The molecule has 160 valence electrons. The second-order valence-electron chi connectivity index (χ2n) is 7.42. The molecule has 1 amide bonds. The summed E-state index contributed by atoms with van der Waals surface area (Å²) in [4.78, 5) is 24.1. The van der Waals surface area contributed by atoms with Crippen molar-refractivity contribution in [2.75, 3.05) is 13.2 Å². The van der Waals surface area contributed by atoms with Crippen molar-refractivity contribution < 1.29 is 24.2 Å². The van der Waals surface area contributed by atoms with Crippen LogP contribution in [-0.2, 0) is 22.5 Å². The minimum atomic E-state index is -1.13. The average molecular weight is 432 g/mol. The van der Waals surface area contributed by atoms with Gasteiger partial charge in [0.2, 0.25) is 0 Å². The minimum Gasteiger partial charge on any atom is -0.494 e. The molecule has 0 aliphatic carbocycles. The number of hydrogen-bond donors (Lipinski definition) is 2. The number of amides is 1. The van der Waals surface area contributed by atoms with Crippen LogP contribution in [0.25, 0.3) is 0 Å². The molecular weight excluding hydrogens is 406 g/mol. The van der Waals surface area contributed by atoms with Gasteiger partial charge in [-0.3, -0.25) is 4.79 Å². The average Bonchev–Trinajstić information content (AvgIpc) is 3.21. The van der Waals surface area contributed by atoms with Gasteiger partial charge in [0.1, 0.15) is 5.75 Å². The van der Waals surface area contributed by atoms with Crippen LogP contribution in [0.4, 0.5) is 0 Å². The lowest BCUT2D eigenvalue weighted by Gasteiger charge is -2.23. The van der Waals surface area contributed by atoms with Crippen molar-refractivity contribution in [3.05, 3.63) is 64.2 Å². The van der Waals surface area contributed by atoms with Crippen molar-refractivity contribution in [3.63, 3.8) is 0 Å². The Labute approximate surface area is 181 Å². The lowest BCUT2D eigenvalue weighted by atomic mass is 9.91. The highest BCUT2D eigenvalue weighted by Gasteiger charge is 2.42. The molecule has 1 aliphatic rings. The third kappa shape index (κ3) is 5.32. The highest BCUT2D eigenvalue weighted by Crippen LogP contribution is 2.30. The van der Waals surface area contributed by atoms with Crippen molar-refractivity contribution in [2.45, 2.75) is 44.8 Å². The van der Waals surface area contributed by atoms with Crippen LogP contribution in [0, 0.1) is 0 Å². The van der Waals surface area contributed by atoms with Crippen LogP contribution in [0.1, 0.15) is 47.7 Å². The Morgan fingerprint density at radius 2 is 1.93 bits per heavy atom. The number of nitrogens with one attached hydrogen (secondary N) is 1. The standard InChI is InChI=1S/C23H26ClNO5/c1-2-11-29-18-8-9-19(20(24)13-18)21(26)25-15-17-6-4-16(5-7-17)14-23(22(27)28)10-3-12-30-23/h4-9,13H,2-3,10-12,14-15H2,1H3,(H,25,26)(H,27,28). The van der Waals surface area contributed by atoms with Gasteiger partial charge < -0.3 is 19.9 Å². The normalized spacial score (nSPS) is 18.2. The van der Waals surface area contributed by atoms with Crippen LogP contribution < -0.4 is 10.1 Å². The van der Waals surface area contributed by atoms with E-state index >= 15 is 0 Å². The highest BCUT2D eigenvalue weighted by molar-refractivity contribution is 6.34. The van der Waals surface area contributed by atoms with E-state index in [1.54, 1.807) is 18.2 Å². The second kappa shape index (κ2) is 9.96. The minimum absolute atomic E-state index is 0.268. The molecule has 1 saturated heterocycles. The number of hydrogen-bond acceptors (Lipinski definition) is 4. The number of ether oxygens (including phenoxy) is 2. The molecule has 1 fully saturated rings. The Kier molecular flexibility index (Phi) is 7.34. The zero-order chi connectivity index (χ0) is 21.6. The molecule has 1 unspecified atom stereocenters. The van der Waals surface area contributed by atoms with Gasteiger partial charge in [0, 0.05) is 19.6 Å². The van der Waals surface area contributed by atoms with E-state index in [-0.39, 0.29) is 5.91 Å². The molecule has 0 radical (unpaired) electrons. The number of aliphatic carboxylic acids is 1. The first kappa shape index (κ1) is 22.1. The van der Waals surface area contributed by atoms with Gasteiger partial charge in [-0.05, 0) is 48.6 Å². The predicted octanol–water partition coefficient (Wildman–Crippen LogP) is 4.24. The monoisotopic (exact) mass is 431 g/mol. The van der Waals surface area contributed by atoms with Crippen molar-refractivity contribution >= 4 is 23.5 Å². The highest BCUT2D eigenvalue weighted by atomic mass is 35.5. The molecule has 2 aromatic rings. The zero-order valence-corrected chi connectivity index (χ0v) is 17.7. The Morgan fingerprint density at radius 3 is 2.53 bits per heavy atom. The number of carbonyl (C=O) groups excluding carboxylic acids is 1. The number of benzene rings is 2. The van der Waals surface area contributed by atoms with Crippen LogP contribution in [0.3, 0.4) is 0 Å². The van der Waals surface area contributed by atoms with Gasteiger partial charge in [-0.25, -0.2) is 4.79 Å². The van der Waals surface area contributed by atoms with Gasteiger partial charge in [-0.1, -0.05) is 42.8 Å². The fourth-order valence-electron chi connectivity index (χ4n) is 3.45. The maximum absolute atomic E-state index is 12.5. The smallest absolute Gasteiger partial charge is 0.336 e. The number of carboxylic acid groups (broad SMARTS) is 1. The molecule has 3 rings (SSSR count). The molecule has 1 heterocycles. The molecule has 0 saturated carbocycles. The molecule has 0 aromatic heterocycles. The summed E-state index contributed by atoms with van der Waals surface area (Å²) < 4.78 is 11.0. The molecule has 2 aromatic carbocycles. The van der Waals surface area contributed by atoms with E-state index in [0.717, 1.165) is 24.0 Å². The summed E-state index contributed by atoms with van der Waals surface area (Å²) in [5.74, 6) is -0.547. The van der Waals surface area contributed by atoms with Gasteiger partial charge >= 0.3 is 5.97 Å². The fraction of sp³-hybridized carbons (Fsp3) is 0.391. The summed E-state index contributed by atoms with van der Waals surface area (Å²) in [6, 6.07) is 12.5. The number of carbonyl (C=O) groups is 2. The van der Waals surface area contributed by atoms with Gasteiger partial charge in [-0.15, -0.1) is 0 Å². The van der Waals surface area contributed by atoms with Gasteiger partial charge in [0.25, 0.3) is 5.91 Å². The van der Waals surface area contributed by atoms with Gasteiger partial charge in [-0.2, -0.15) is 0 Å². The maximum Gasteiger partial charge on any atom is 0.336 e. The first-order valence-electron chi connectivity index (χ1n) is 10.1. The van der Waals surface area contributed by atoms with Crippen LogP contribution >= 0.6 is 11.6 Å². The molecule has 7 heteroatoms. The van der Waals surface area contributed by atoms with Gasteiger partial charge in [0.05, 0.1) is 17.2 Å². The molecule has 0 spiro atoms. The molecule has 1 aliphatic heterocycles. The SMILES string of the molecule is CCCOc1ccc(C(=O)NCc2ccc(CC3(C(=O)O)CCCO3)cc2)c(Cl)c1. The summed E-state index contributed by atoms with van der Waals surface area (Å²) in [5.41, 5.74) is 1.06. The number of rotatable bonds is 9. The molecule has 2 N–H and O–H groups in total. The van der Waals surface area contributed by atoms with E-state index in [1.165, 1.54) is 0 Å². The Balaban J connectivity index is 1.57. The predicted molar refractivity (Wildman–Crippen MR) is 114 cm³/mol. The van der Waals surface area contributed by atoms with Crippen molar-refractivity contribution in [3.8, 4) is 5.75 Å². The molecule has 1 atom stereocenters. The Hall–Kier alpha value is -2.57. The van der Waals surface area contributed by atoms with Crippen LogP contribution in [0.15, 0.2) is 42.5 Å². The van der Waals surface area contributed by atoms with Crippen molar-refractivity contribution in [1.29, 1.82) is 0 Å². The molecular formula is C23H26ClNO5. The summed E-state index contributed by atoms with van der Waals surface area (Å²) in [6.07, 6.45) is 2.49. The van der Waals surface area contributed by atoms with Crippen molar-refractivity contribution in [2.24, 2.45) is 0 Å². The van der Waals surface area contributed by atoms with Crippen LogP contribution in [0.2, 0.25) is 5.02 Å². The first-order chi connectivity index (χ1) is 14.4. The molecule has 30 heavy (non-hydrogen) atoms. The van der Waals surface area contributed by atoms with E-state index in [9.17, 15) is 14.7 Å². The number of carboxylic acids is 1. The van der Waals surface area contributed by atoms with E-state index in [0.29, 0.717) is 48.9 Å². The largest absolute Gasteiger partial charge is 0.494 e. The first-order valence-corrected chi connectivity index (χ1v) is 10.5. The van der Waals surface area contributed by atoms with E-state index in [4.69, 9.17) is 21.1 Å². The third-order valence-electron chi connectivity index (χ3n) is 5.12. The van der Waals surface area contributed by atoms with Crippen LogP contribution in [-0.4, -0.2) is 35.8 Å². The van der Waals surface area contributed by atoms with E-state index in [1.807, 2.05) is 31.2 Å². The lowest BCUT2D eigenvalue weighted by Crippen LogP contribution is -2.40. The van der Waals surface area contributed by atoms with Crippen molar-refractivity contribution in [1.82, 2.24) is 5.32 Å².